The van der Waals surface area contributed by atoms with Crippen molar-refractivity contribution in [3.8, 4) is 0 Å². The summed E-state index contributed by atoms with van der Waals surface area (Å²) >= 11 is 0. The topological polar surface area (TPSA) is 60.6 Å². The fraction of sp³-hybridized carbons (Fsp3) is 0.176. The second-order valence-electron chi connectivity index (χ2n) is 5.51. The average molecular weight is 294 g/mol. The number of nitrogens with zero attached hydrogens (tertiary/aromatic N) is 2. The standard InChI is InChI=1S/C17H14N2O3/c20-15(11-6-2-1-3-7-11)14-10-18(14)19-16(21)12-8-4-5-9-13(12)17(19)22/h1-9,14-15,20H,10H2. The van der Waals surface area contributed by atoms with Gasteiger partial charge in [-0.25, -0.2) is 10.0 Å². The minimum atomic E-state index is -0.717. The zero-order valence-corrected chi connectivity index (χ0v) is 11.7. The van der Waals surface area contributed by atoms with Crippen LogP contribution < -0.4 is 0 Å². The molecule has 1 fully saturated rings. The molecule has 0 aromatic heterocycles. The minimum absolute atomic E-state index is 0.246. The molecule has 0 bridgehead atoms. The molecule has 5 heteroatoms. The van der Waals surface area contributed by atoms with E-state index in [0.717, 1.165) is 10.6 Å². The van der Waals surface area contributed by atoms with Crippen molar-refractivity contribution in [3.05, 3.63) is 71.3 Å². The van der Waals surface area contributed by atoms with Gasteiger partial charge < -0.3 is 5.11 Å². The molecule has 2 aromatic rings. The summed E-state index contributed by atoms with van der Waals surface area (Å²) in [4.78, 5) is 24.8. The van der Waals surface area contributed by atoms with Crippen LogP contribution in [0.3, 0.4) is 0 Å². The number of hydrazine groups is 1. The second-order valence-corrected chi connectivity index (χ2v) is 5.51. The van der Waals surface area contributed by atoms with Crippen molar-refractivity contribution >= 4 is 11.8 Å². The molecule has 2 aliphatic rings. The van der Waals surface area contributed by atoms with Crippen molar-refractivity contribution in [1.82, 2.24) is 10.0 Å². The number of imide groups is 1. The fourth-order valence-electron chi connectivity index (χ4n) is 2.92. The van der Waals surface area contributed by atoms with Crippen molar-refractivity contribution in [1.29, 1.82) is 0 Å². The van der Waals surface area contributed by atoms with Crippen molar-refractivity contribution in [2.75, 3.05) is 6.54 Å². The Morgan fingerprint density at radius 3 is 2.05 bits per heavy atom. The van der Waals surface area contributed by atoms with E-state index in [-0.39, 0.29) is 17.9 Å². The van der Waals surface area contributed by atoms with Gasteiger partial charge in [-0.2, -0.15) is 0 Å². The Bertz CT molecular complexity index is 725. The summed E-state index contributed by atoms with van der Waals surface area (Å²) in [5.74, 6) is -0.633. The van der Waals surface area contributed by atoms with E-state index in [1.165, 1.54) is 0 Å². The number of aliphatic hydroxyl groups excluding tert-OH is 1. The number of fused-ring (bicyclic) bond motifs is 1. The van der Waals surface area contributed by atoms with E-state index in [1.807, 2.05) is 30.3 Å². The van der Waals surface area contributed by atoms with Gasteiger partial charge in [0.05, 0.1) is 23.3 Å². The zero-order chi connectivity index (χ0) is 15.3. The summed E-state index contributed by atoms with van der Waals surface area (Å²) in [7, 11) is 0. The summed E-state index contributed by atoms with van der Waals surface area (Å²) in [5.41, 5.74) is 1.63. The van der Waals surface area contributed by atoms with E-state index < -0.39 is 6.10 Å². The molecule has 1 N–H and O–H groups in total. The van der Waals surface area contributed by atoms with Gasteiger partial charge in [-0.15, -0.1) is 0 Å². The van der Waals surface area contributed by atoms with Gasteiger partial charge in [-0.05, 0) is 17.7 Å². The third-order valence-electron chi connectivity index (χ3n) is 4.16. The number of rotatable bonds is 3. The summed E-state index contributed by atoms with van der Waals surface area (Å²) < 4.78 is 0. The number of amides is 2. The molecule has 3 unspecified atom stereocenters. The smallest absolute Gasteiger partial charge is 0.276 e. The molecule has 2 heterocycles. The van der Waals surface area contributed by atoms with Crippen LogP contribution in [0.1, 0.15) is 32.4 Å². The largest absolute Gasteiger partial charge is 0.387 e. The molecule has 0 radical (unpaired) electrons. The van der Waals surface area contributed by atoms with Gasteiger partial charge in [0.2, 0.25) is 0 Å². The highest BCUT2D eigenvalue weighted by atomic mass is 16.3. The molecule has 22 heavy (non-hydrogen) atoms. The quantitative estimate of drug-likeness (QED) is 0.690. The van der Waals surface area contributed by atoms with Crippen LogP contribution in [0.15, 0.2) is 54.6 Å². The van der Waals surface area contributed by atoms with E-state index in [4.69, 9.17) is 0 Å². The number of hydrogen-bond donors (Lipinski definition) is 1. The summed E-state index contributed by atoms with van der Waals surface area (Å²) in [5, 5.41) is 13.2. The van der Waals surface area contributed by atoms with Crippen LogP contribution in [-0.2, 0) is 0 Å². The van der Waals surface area contributed by atoms with Crippen LogP contribution >= 0.6 is 0 Å². The Morgan fingerprint density at radius 2 is 1.45 bits per heavy atom. The SMILES string of the molecule is O=C1c2ccccc2C(=O)N1N1CC1C(O)c1ccccc1. The van der Waals surface area contributed by atoms with Gasteiger partial charge in [0.15, 0.2) is 0 Å². The van der Waals surface area contributed by atoms with E-state index in [2.05, 4.69) is 0 Å². The fourth-order valence-corrected chi connectivity index (χ4v) is 2.92. The molecule has 0 aliphatic carbocycles. The number of benzene rings is 2. The highest BCUT2D eigenvalue weighted by Crippen LogP contribution is 2.36. The van der Waals surface area contributed by atoms with E-state index in [9.17, 15) is 14.7 Å². The minimum Gasteiger partial charge on any atom is -0.387 e. The van der Waals surface area contributed by atoms with E-state index in [1.54, 1.807) is 29.3 Å². The van der Waals surface area contributed by atoms with Crippen LogP contribution in [0.5, 0.6) is 0 Å². The maximum absolute atomic E-state index is 12.4. The van der Waals surface area contributed by atoms with Gasteiger partial charge in [-0.3, -0.25) is 9.59 Å². The first-order chi connectivity index (χ1) is 10.7. The monoisotopic (exact) mass is 294 g/mol. The molecule has 2 amide bonds. The Balaban J connectivity index is 1.57. The zero-order valence-electron chi connectivity index (χ0n) is 11.7. The van der Waals surface area contributed by atoms with Crippen LogP contribution in [0.2, 0.25) is 0 Å². The van der Waals surface area contributed by atoms with Gasteiger partial charge in [-0.1, -0.05) is 42.5 Å². The average Bonchev–Trinajstić information content (AvgIpc) is 3.30. The predicted octanol–water partition coefficient (Wildman–Crippen LogP) is 1.62. The first-order valence-corrected chi connectivity index (χ1v) is 7.16. The van der Waals surface area contributed by atoms with Crippen LogP contribution in [0.25, 0.3) is 0 Å². The van der Waals surface area contributed by atoms with Crippen molar-refractivity contribution in [2.45, 2.75) is 12.1 Å². The molecule has 0 spiro atoms. The molecule has 2 aliphatic heterocycles. The van der Waals surface area contributed by atoms with Crippen LogP contribution in [0, 0.1) is 0 Å². The molecule has 1 saturated heterocycles. The highest BCUT2D eigenvalue weighted by molar-refractivity contribution is 6.21. The lowest BCUT2D eigenvalue weighted by Gasteiger charge is -2.18. The molecular formula is C17H14N2O3. The van der Waals surface area contributed by atoms with Crippen LogP contribution in [0.4, 0.5) is 0 Å². The lowest BCUT2D eigenvalue weighted by atomic mass is 10.1. The van der Waals surface area contributed by atoms with Gasteiger partial charge in [0.25, 0.3) is 11.8 Å². The summed E-state index contributed by atoms with van der Waals surface area (Å²) in [6, 6.07) is 15.8. The third kappa shape index (κ3) is 1.87. The predicted molar refractivity (Wildman–Crippen MR) is 78.8 cm³/mol. The number of carbonyl (C=O) groups is 2. The molecule has 0 saturated carbocycles. The Kier molecular flexibility index (Phi) is 2.85. The molecule has 4 rings (SSSR count). The van der Waals surface area contributed by atoms with Crippen LogP contribution in [-0.4, -0.2) is 39.5 Å². The normalized spacial score (nSPS) is 24.3. The third-order valence-corrected chi connectivity index (χ3v) is 4.16. The van der Waals surface area contributed by atoms with Crippen molar-refractivity contribution in [3.63, 3.8) is 0 Å². The maximum atomic E-state index is 12.4. The molecule has 2 aromatic carbocycles. The van der Waals surface area contributed by atoms with E-state index in [0.29, 0.717) is 17.7 Å². The summed E-state index contributed by atoms with van der Waals surface area (Å²) in [6.07, 6.45) is -0.717. The Labute approximate surface area is 127 Å². The molecular weight excluding hydrogens is 280 g/mol. The lowest BCUT2D eigenvalue weighted by molar-refractivity contribution is 0.0296. The van der Waals surface area contributed by atoms with Crippen molar-refractivity contribution in [2.24, 2.45) is 0 Å². The number of aliphatic hydroxyl groups is 1. The first-order valence-electron chi connectivity index (χ1n) is 7.16. The van der Waals surface area contributed by atoms with Crippen molar-refractivity contribution < 1.29 is 14.7 Å². The number of hydrogen-bond acceptors (Lipinski definition) is 4. The summed E-state index contributed by atoms with van der Waals surface area (Å²) in [6.45, 7) is 0.488. The van der Waals surface area contributed by atoms with E-state index >= 15 is 0 Å². The Hall–Kier alpha value is -2.50. The second kappa shape index (κ2) is 4.76. The highest BCUT2D eigenvalue weighted by Gasteiger charge is 2.51. The van der Waals surface area contributed by atoms with Gasteiger partial charge >= 0.3 is 0 Å². The molecule has 3 atom stereocenters. The molecule has 110 valence electrons. The first kappa shape index (κ1) is 13.2. The molecule has 5 nitrogen and oxygen atoms in total. The Morgan fingerprint density at radius 1 is 0.909 bits per heavy atom. The number of carbonyl (C=O) groups excluding carboxylic acids is 2. The van der Waals surface area contributed by atoms with Gasteiger partial charge in [0.1, 0.15) is 0 Å². The lowest BCUT2D eigenvalue weighted by Crippen LogP contribution is -2.37. The maximum Gasteiger partial charge on any atom is 0.276 e. The van der Waals surface area contributed by atoms with Gasteiger partial charge in [0, 0.05) is 6.54 Å².